The SMILES string of the molecule is Cc1ccc(C(=O)Nc2ccc(I)cc2)cc1NS(C)(=O)=O. The minimum absolute atomic E-state index is 0.294. The Morgan fingerprint density at radius 1 is 1.09 bits per heavy atom. The van der Waals surface area contributed by atoms with Crippen molar-refractivity contribution in [3.8, 4) is 0 Å². The minimum Gasteiger partial charge on any atom is -0.322 e. The number of amides is 1. The third-order valence-electron chi connectivity index (χ3n) is 2.90. The van der Waals surface area contributed by atoms with Crippen LogP contribution in [0.1, 0.15) is 15.9 Å². The first-order valence-corrected chi connectivity index (χ1v) is 9.37. The van der Waals surface area contributed by atoms with Crippen molar-refractivity contribution in [2.75, 3.05) is 16.3 Å². The molecule has 0 aliphatic carbocycles. The predicted octanol–water partition coefficient (Wildman–Crippen LogP) is 3.22. The van der Waals surface area contributed by atoms with Crippen molar-refractivity contribution < 1.29 is 13.2 Å². The molecule has 0 fully saturated rings. The fourth-order valence-electron chi connectivity index (χ4n) is 1.81. The Hall–Kier alpha value is -1.61. The van der Waals surface area contributed by atoms with Gasteiger partial charge in [-0.2, -0.15) is 0 Å². The molecule has 0 unspecified atom stereocenters. The number of anilines is 2. The normalized spacial score (nSPS) is 11.0. The van der Waals surface area contributed by atoms with Crippen LogP contribution >= 0.6 is 22.6 Å². The lowest BCUT2D eigenvalue weighted by Crippen LogP contribution is -2.14. The summed E-state index contributed by atoms with van der Waals surface area (Å²) in [6.45, 7) is 1.77. The highest BCUT2D eigenvalue weighted by atomic mass is 127. The van der Waals surface area contributed by atoms with Crippen molar-refractivity contribution in [1.29, 1.82) is 0 Å². The van der Waals surface area contributed by atoms with Crippen molar-refractivity contribution in [2.24, 2.45) is 0 Å². The van der Waals surface area contributed by atoms with Gasteiger partial charge in [-0.25, -0.2) is 8.42 Å². The Kier molecular flexibility index (Phi) is 5.07. The molecular weight excluding hydrogens is 415 g/mol. The summed E-state index contributed by atoms with van der Waals surface area (Å²) in [5.74, 6) is -0.294. The molecule has 0 saturated heterocycles. The third kappa shape index (κ3) is 4.70. The largest absolute Gasteiger partial charge is 0.322 e. The van der Waals surface area contributed by atoms with Crippen molar-refractivity contribution >= 4 is 49.9 Å². The van der Waals surface area contributed by atoms with E-state index in [9.17, 15) is 13.2 Å². The van der Waals surface area contributed by atoms with E-state index >= 15 is 0 Å². The van der Waals surface area contributed by atoms with Crippen LogP contribution in [0.3, 0.4) is 0 Å². The lowest BCUT2D eigenvalue weighted by Gasteiger charge is -2.10. The second kappa shape index (κ2) is 6.66. The maximum atomic E-state index is 12.2. The molecule has 0 aromatic heterocycles. The van der Waals surface area contributed by atoms with E-state index < -0.39 is 10.0 Å². The fraction of sp³-hybridized carbons (Fsp3) is 0.133. The molecule has 0 heterocycles. The smallest absolute Gasteiger partial charge is 0.255 e. The molecule has 7 heteroatoms. The average Bonchev–Trinajstić information content (AvgIpc) is 2.42. The van der Waals surface area contributed by atoms with Gasteiger partial charge in [0.15, 0.2) is 0 Å². The number of nitrogens with one attached hydrogen (secondary N) is 2. The molecule has 22 heavy (non-hydrogen) atoms. The Bertz CT molecular complexity index is 802. The van der Waals surface area contributed by atoms with Crippen LogP contribution < -0.4 is 10.0 Å². The first-order valence-electron chi connectivity index (χ1n) is 6.40. The first-order chi connectivity index (χ1) is 10.2. The lowest BCUT2D eigenvalue weighted by molar-refractivity contribution is 0.102. The minimum atomic E-state index is -3.39. The maximum Gasteiger partial charge on any atom is 0.255 e. The summed E-state index contributed by atoms with van der Waals surface area (Å²) in [6, 6.07) is 12.3. The zero-order chi connectivity index (χ0) is 16.3. The predicted molar refractivity (Wildman–Crippen MR) is 96.8 cm³/mol. The summed E-state index contributed by atoms with van der Waals surface area (Å²) in [6.07, 6.45) is 1.07. The van der Waals surface area contributed by atoms with Crippen LogP contribution in [0.25, 0.3) is 0 Å². The summed E-state index contributed by atoms with van der Waals surface area (Å²) < 4.78 is 26.2. The van der Waals surface area contributed by atoms with Crippen LogP contribution in [0, 0.1) is 10.5 Å². The van der Waals surface area contributed by atoms with E-state index in [4.69, 9.17) is 0 Å². The summed E-state index contributed by atoms with van der Waals surface area (Å²) in [4.78, 5) is 12.2. The number of benzene rings is 2. The van der Waals surface area contributed by atoms with E-state index in [2.05, 4.69) is 32.6 Å². The van der Waals surface area contributed by atoms with E-state index in [0.717, 1.165) is 15.4 Å². The zero-order valence-electron chi connectivity index (χ0n) is 12.1. The highest BCUT2D eigenvalue weighted by Gasteiger charge is 2.11. The number of sulfonamides is 1. The number of hydrogen-bond acceptors (Lipinski definition) is 3. The van der Waals surface area contributed by atoms with Gasteiger partial charge in [0.25, 0.3) is 5.91 Å². The number of aryl methyl sites for hydroxylation is 1. The van der Waals surface area contributed by atoms with Crippen molar-refractivity contribution in [2.45, 2.75) is 6.92 Å². The Morgan fingerprint density at radius 2 is 1.73 bits per heavy atom. The van der Waals surface area contributed by atoms with Crippen LogP contribution in [0.5, 0.6) is 0 Å². The van der Waals surface area contributed by atoms with Gasteiger partial charge in [-0.1, -0.05) is 6.07 Å². The van der Waals surface area contributed by atoms with Gasteiger partial charge in [-0.15, -0.1) is 0 Å². The third-order valence-corrected chi connectivity index (χ3v) is 4.21. The van der Waals surface area contributed by atoms with Gasteiger partial charge in [-0.05, 0) is 71.5 Å². The standard InChI is InChI=1S/C15H15IN2O3S/c1-10-3-4-11(9-14(10)18-22(2,20)21)15(19)17-13-7-5-12(16)6-8-13/h3-9,18H,1-2H3,(H,17,19). The Morgan fingerprint density at radius 3 is 2.32 bits per heavy atom. The van der Waals surface area contributed by atoms with Gasteiger partial charge in [0, 0.05) is 14.8 Å². The number of rotatable bonds is 4. The molecule has 0 bridgehead atoms. The van der Waals surface area contributed by atoms with E-state index in [-0.39, 0.29) is 5.91 Å². The van der Waals surface area contributed by atoms with Gasteiger partial charge in [0.05, 0.1) is 11.9 Å². The molecule has 0 aliphatic heterocycles. The summed E-state index contributed by atoms with van der Waals surface area (Å²) >= 11 is 2.18. The lowest BCUT2D eigenvalue weighted by atomic mass is 10.1. The monoisotopic (exact) mass is 430 g/mol. The molecule has 2 aromatic carbocycles. The van der Waals surface area contributed by atoms with Gasteiger partial charge < -0.3 is 5.32 Å². The Labute approximate surface area is 143 Å². The highest BCUT2D eigenvalue weighted by Crippen LogP contribution is 2.19. The molecule has 116 valence electrons. The van der Waals surface area contributed by atoms with Crippen molar-refractivity contribution in [1.82, 2.24) is 0 Å². The Balaban J connectivity index is 2.23. The first kappa shape index (κ1) is 16.8. The second-order valence-electron chi connectivity index (χ2n) is 4.86. The van der Waals surface area contributed by atoms with Crippen molar-refractivity contribution in [3.05, 3.63) is 57.2 Å². The summed E-state index contributed by atoms with van der Waals surface area (Å²) in [7, 11) is -3.39. The van der Waals surface area contributed by atoms with Gasteiger partial charge in [-0.3, -0.25) is 9.52 Å². The van der Waals surface area contributed by atoms with E-state index in [0.29, 0.717) is 16.9 Å². The average molecular weight is 430 g/mol. The van der Waals surface area contributed by atoms with Crippen LogP contribution in [-0.2, 0) is 10.0 Å². The number of hydrogen-bond donors (Lipinski definition) is 2. The quantitative estimate of drug-likeness (QED) is 0.732. The number of carbonyl (C=O) groups is 1. The van der Waals surface area contributed by atoms with Crippen molar-refractivity contribution in [3.63, 3.8) is 0 Å². The maximum absolute atomic E-state index is 12.2. The van der Waals surface area contributed by atoms with Gasteiger partial charge in [0.2, 0.25) is 10.0 Å². The number of carbonyl (C=O) groups excluding carboxylic acids is 1. The summed E-state index contributed by atoms with van der Waals surface area (Å²) in [5, 5.41) is 2.78. The van der Waals surface area contributed by atoms with Gasteiger partial charge >= 0.3 is 0 Å². The van der Waals surface area contributed by atoms with E-state index in [1.807, 2.05) is 24.3 Å². The molecule has 0 saturated carbocycles. The van der Waals surface area contributed by atoms with Gasteiger partial charge in [0.1, 0.15) is 0 Å². The van der Waals surface area contributed by atoms with E-state index in [1.165, 1.54) is 6.07 Å². The molecule has 0 radical (unpaired) electrons. The second-order valence-corrected chi connectivity index (χ2v) is 7.86. The van der Waals surface area contributed by atoms with Crippen LogP contribution in [0.15, 0.2) is 42.5 Å². The fourth-order valence-corrected chi connectivity index (χ4v) is 2.79. The summed E-state index contributed by atoms with van der Waals surface area (Å²) in [5.41, 5.74) is 2.22. The zero-order valence-corrected chi connectivity index (χ0v) is 15.0. The molecule has 2 N–H and O–H groups in total. The molecular formula is C15H15IN2O3S. The highest BCUT2D eigenvalue weighted by molar-refractivity contribution is 14.1. The molecule has 5 nitrogen and oxygen atoms in total. The van der Waals surface area contributed by atoms with Crippen LogP contribution in [-0.4, -0.2) is 20.6 Å². The topological polar surface area (TPSA) is 75.3 Å². The molecule has 0 spiro atoms. The molecule has 2 aromatic rings. The number of halogens is 1. The van der Waals surface area contributed by atoms with Crippen LogP contribution in [0.4, 0.5) is 11.4 Å². The molecule has 0 atom stereocenters. The van der Waals surface area contributed by atoms with E-state index in [1.54, 1.807) is 19.1 Å². The molecule has 1 amide bonds. The molecule has 2 rings (SSSR count). The van der Waals surface area contributed by atoms with Crippen LogP contribution in [0.2, 0.25) is 0 Å². The molecule has 0 aliphatic rings.